The molecule has 1 aromatic carbocycles. The normalized spacial score (nSPS) is 11.9. The summed E-state index contributed by atoms with van der Waals surface area (Å²) in [6.45, 7) is 2.07. The van der Waals surface area contributed by atoms with Gasteiger partial charge in [0, 0.05) is 0 Å². The minimum absolute atomic E-state index is 0.295. The molecule has 0 aromatic heterocycles. The topological polar surface area (TPSA) is 35.5 Å². The molecular weight excluding hydrogens is 294 g/mol. The maximum atomic E-state index is 13.5. The molecule has 0 heterocycles. The number of hydrogen-bond donors (Lipinski definition) is 0. The molecule has 9 heteroatoms. The minimum Gasteiger partial charge on any atom is -0.305 e. The molecule has 19 heavy (non-hydrogen) atoms. The monoisotopic (exact) mass is 304 g/mol. The predicted octanol–water partition coefficient (Wildman–Crippen LogP) is 3.27. The molecule has 0 saturated carbocycles. The predicted molar refractivity (Wildman–Crippen MR) is 56.7 cm³/mol. The van der Waals surface area contributed by atoms with Crippen molar-refractivity contribution in [2.45, 2.75) is 13.8 Å². The second kappa shape index (κ2) is 5.98. The third-order valence-electron chi connectivity index (χ3n) is 2.06. The summed E-state index contributed by atoms with van der Waals surface area (Å²) in [4.78, 5) is 0. The van der Waals surface area contributed by atoms with E-state index in [1.165, 1.54) is 13.8 Å². The van der Waals surface area contributed by atoms with Crippen LogP contribution >= 0.6 is 7.60 Å². The summed E-state index contributed by atoms with van der Waals surface area (Å²) in [7, 11) is -4.62. The Labute approximate surface area is 105 Å². The van der Waals surface area contributed by atoms with Crippen molar-refractivity contribution < 1.29 is 35.6 Å². The van der Waals surface area contributed by atoms with E-state index in [4.69, 9.17) is 0 Å². The van der Waals surface area contributed by atoms with Crippen LogP contribution in [0.4, 0.5) is 22.0 Å². The molecule has 0 aliphatic carbocycles. The van der Waals surface area contributed by atoms with Crippen LogP contribution in [-0.4, -0.2) is 13.2 Å². The molecule has 0 aliphatic rings. The largest absolute Gasteiger partial charge is 0.367 e. The van der Waals surface area contributed by atoms with E-state index < -0.39 is 42.0 Å². The SMILES string of the molecule is CCOP(=O)(OCC)c1c(F)c(F)c(F)c(F)c1F. The fraction of sp³-hybridized carbons (Fsp3) is 0.400. The van der Waals surface area contributed by atoms with Crippen molar-refractivity contribution in [1.29, 1.82) is 0 Å². The van der Waals surface area contributed by atoms with Gasteiger partial charge in [-0.2, -0.15) is 0 Å². The Balaban J connectivity index is 3.61. The molecule has 0 aliphatic heterocycles. The van der Waals surface area contributed by atoms with Crippen molar-refractivity contribution in [2.24, 2.45) is 0 Å². The van der Waals surface area contributed by atoms with Crippen molar-refractivity contribution in [3.63, 3.8) is 0 Å². The first-order chi connectivity index (χ1) is 8.80. The number of benzene rings is 1. The Morgan fingerprint density at radius 1 is 0.789 bits per heavy atom. The Morgan fingerprint density at radius 2 is 1.11 bits per heavy atom. The molecule has 0 saturated heterocycles. The molecule has 3 nitrogen and oxygen atoms in total. The summed E-state index contributed by atoms with van der Waals surface area (Å²) in [5, 5.41) is -1.58. The second-order valence-corrected chi connectivity index (χ2v) is 5.21. The van der Waals surface area contributed by atoms with Crippen molar-refractivity contribution in [3.8, 4) is 0 Å². The van der Waals surface area contributed by atoms with Gasteiger partial charge in [-0.15, -0.1) is 0 Å². The lowest BCUT2D eigenvalue weighted by atomic mass is 10.3. The molecule has 0 amide bonds. The summed E-state index contributed by atoms with van der Waals surface area (Å²) >= 11 is 0. The highest BCUT2D eigenvalue weighted by molar-refractivity contribution is 7.62. The molecular formula is C10H10F5O3P. The quantitative estimate of drug-likeness (QED) is 0.362. The molecule has 0 radical (unpaired) electrons. The highest BCUT2D eigenvalue weighted by Gasteiger charge is 2.39. The van der Waals surface area contributed by atoms with Gasteiger partial charge in [0.05, 0.1) is 13.2 Å². The van der Waals surface area contributed by atoms with Crippen molar-refractivity contribution >= 4 is 12.9 Å². The first-order valence-electron chi connectivity index (χ1n) is 5.21. The van der Waals surface area contributed by atoms with Crippen molar-refractivity contribution in [3.05, 3.63) is 29.1 Å². The minimum atomic E-state index is -4.62. The Kier molecular flexibility index (Phi) is 5.06. The zero-order valence-electron chi connectivity index (χ0n) is 9.98. The van der Waals surface area contributed by atoms with Crippen LogP contribution in [0.1, 0.15) is 13.8 Å². The molecule has 0 fully saturated rings. The number of hydrogen-bond acceptors (Lipinski definition) is 3. The van der Waals surface area contributed by atoms with Gasteiger partial charge in [-0.05, 0) is 13.8 Å². The lowest BCUT2D eigenvalue weighted by molar-refractivity contribution is 0.227. The van der Waals surface area contributed by atoms with Crippen LogP contribution in [-0.2, 0) is 13.6 Å². The molecule has 0 spiro atoms. The molecule has 0 unspecified atom stereocenters. The summed E-state index contributed by atoms with van der Waals surface area (Å²) < 4.78 is 87.1. The second-order valence-electron chi connectivity index (χ2n) is 3.25. The van der Waals surface area contributed by atoms with Gasteiger partial charge >= 0.3 is 7.60 Å². The van der Waals surface area contributed by atoms with Crippen molar-refractivity contribution in [1.82, 2.24) is 0 Å². The fourth-order valence-electron chi connectivity index (χ4n) is 1.34. The van der Waals surface area contributed by atoms with E-state index in [1.54, 1.807) is 0 Å². The first kappa shape index (κ1) is 16.1. The average molecular weight is 304 g/mol. The lowest BCUT2D eigenvalue weighted by Crippen LogP contribution is -2.23. The third kappa shape index (κ3) is 2.80. The van der Waals surface area contributed by atoms with Gasteiger partial charge in [-0.1, -0.05) is 0 Å². The van der Waals surface area contributed by atoms with E-state index in [0.29, 0.717) is 0 Å². The zero-order chi connectivity index (χ0) is 14.8. The van der Waals surface area contributed by atoms with E-state index in [2.05, 4.69) is 9.05 Å². The van der Waals surface area contributed by atoms with Crippen molar-refractivity contribution in [2.75, 3.05) is 13.2 Å². The van der Waals surface area contributed by atoms with Gasteiger partial charge < -0.3 is 9.05 Å². The van der Waals surface area contributed by atoms with Gasteiger partial charge in [0.15, 0.2) is 23.3 Å². The standard InChI is InChI=1S/C10H10F5O3P/c1-3-17-19(16,18-4-2)10-8(14)6(12)5(11)7(13)9(10)15/h3-4H2,1-2H3. The summed E-state index contributed by atoms with van der Waals surface area (Å²) in [5.41, 5.74) is 0. The maximum Gasteiger partial charge on any atom is 0.367 e. The van der Waals surface area contributed by atoms with E-state index in [0.717, 1.165) is 0 Å². The van der Waals surface area contributed by atoms with Crippen LogP contribution in [0, 0.1) is 29.1 Å². The van der Waals surface area contributed by atoms with Gasteiger partial charge in [-0.3, -0.25) is 4.57 Å². The Morgan fingerprint density at radius 3 is 1.42 bits per heavy atom. The van der Waals surface area contributed by atoms with Crippen LogP contribution in [0.25, 0.3) is 0 Å². The molecule has 108 valence electrons. The van der Waals surface area contributed by atoms with Gasteiger partial charge in [0.2, 0.25) is 5.82 Å². The van der Waals surface area contributed by atoms with E-state index in [1.807, 2.05) is 0 Å². The molecule has 1 rings (SSSR count). The van der Waals surface area contributed by atoms with Gasteiger partial charge in [-0.25, -0.2) is 22.0 Å². The zero-order valence-corrected chi connectivity index (χ0v) is 10.9. The Hall–Kier alpha value is -0.980. The van der Waals surface area contributed by atoms with E-state index in [9.17, 15) is 26.5 Å². The first-order valence-corrected chi connectivity index (χ1v) is 6.75. The number of halogens is 5. The Bertz CT molecular complexity index is 495. The average Bonchev–Trinajstić information content (AvgIpc) is 2.34. The van der Waals surface area contributed by atoms with E-state index in [-0.39, 0.29) is 13.2 Å². The maximum absolute atomic E-state index is 13.5. The van der Waals surface area contributed by atoms with Crippen LogP contribution in [0.2, 0.25) is 0 Å². The third-order valence-corrected chi connectivity index (χ3v) is 4.20. The lowest BCUT2D eigenvalue weighted by Gasteiger charge is -2.18. The number of rotatable bonds is 5. The smallest absolute Gasteiger partial charge is 0.305 e. The summed E-state index contributed by atoms with van der Waals surface area (Å²) in [6.07, 6.45) is 0. The molecule has 0 N–H and O–H groups in total. The molecule has 0 bridgehead atoms. The highest BCUT2D eigenvalue weighted by Crippen LogP contribution is 2.48. The van der Waals surface area contributed by atoms with Gasteiger partial charge in [0.25, 0.3) is 0 Å². The summed E-state index contributed by atoms with van der Waals surface area (Å²) in [5.74, 6) is -11.2. The highest BCUT2D eigenvalue weighted by atomic mass is 31.2. The van der Waals surface area contributed by atoms with Crippen LogP contribution in [0.3, 0.4) is 0 Å². The van der Waals surface area contributed by atoms with Crippen LogP contribution in [0.5, 0.6) is 0 Å². The molecule has 1 aromatic rings. The summed E-state index contributed by atoms with van der Waals surface area (Å²) in [6, 6.07) is 0. The van der Waals surface area contributed by atoms with Crippen LogP contribution < -0.4 is 5.30 Å². The molecule has 0 atom stereocenters. The van der Waals surface area contributed by atoms with E-state index >= 15 is 0 Å². The van der Waals surface area contributed by atoms with Crippen LogP contribution in [0.15, 0.2) is 0 Å². The van der Waals surface area contributed by atoms with Gasteiger partial charge in [0.1, 0.15) is 5.30 Å². The fourth-order valence-corrected chi connectivity index (χ4v) is 3.03.